The zero-order chi connectivity index (χ0) is 41.4. The molecular weight excluding hydrogens is 753 g/mol. The monoisotopic (exact) mass is 806 g/mol. The number of methoxy groups -OCH3 is 2. The van der Waals surface area contributed by atoms with Crippen LogP contribution in [0, 0.1) is 16.0 Å². The second-order valence-electron chi connectivity index (χ2n) is 14.6. The molecule has 1 N–H and O–H groups in total. The van der Waals surface area contributed by atoms with Crippen molar-refractivity contribution >= 4 is 16.7 Å². The Bertz CT molecular complexity index is 2090. The van der Waals surface area contributed by atoms with Crippen molar-refractivity contribution in [2.75, 3.05) is 47.1 Å². The largest absolute Gasteiger partial charge is 0.496 e. The SMILES string of the molecule is CCC(COC1CNCC(CCc2cc(OC)c3ccccc3c2)C1c1ccc(OCCCOCc2ccccc2OC)cc1)OC(=O)c1ccc(CO[N+](=O)[O-])cc1. The van der Waals surface area contributed by atoms with Gasteiger partial charge < -0.3 is 38.6 Å². The van der Waals surface area contributed by atoms with Crippen LogP contribution in [0.25, 0.3) is 10.8 Å². The molecule has 4 unspecified atom stereocenters. The first-order valence-electron chi connectivity index (χ1n) is 20.2. The molecule has 0 saturated carbocycles. The van der Waals surface area contributed by atoms with Crippen LogP contribution < -0.4 is 19.5 Å². The van der Waals surface area contributed by atoms with Crippen molar-refractivity contribution in [2.24, 2.45) is 5.92 Å². The van der Waals surface area contributed by atoms with Gasteiger partial charge in [-0.3, -0.25) is 0 Å². The summed E-state index contributed by atoms with van der Waals surface area (Å²) in [7, 11) is 3.38. The number of esters is 1. The van der Waals surface area contributed by atoms with Gasteiger partial charge in [0, 0.05) is 29.8 Å². The van der Waals surface area contributed by atoms with E-state index in [9.17, 15) is 14.9 Å². The maximum Gasteiger partial charge on any atom is 0.338 e. The number of ether oxygens (including phenoxy) is 6. The lowest BCUT2D eigenvalue weighted by molar-refractivity contribution is -0.763. The number of nitrogens with one attached hydrogen (secondary N) is 1. The lowest BCUT2D eigenvalue weighted by Gasteiger charge is -2.39. The lowest BCUT2D eigenvalue weighted by Crippen LogP contribution is -2.47. The fraction of sp³-hybridized carbons (Fsp3) is 0.383. The molecule has 1 aliphatic heterocycles. The molecule has 4 atom stereocenters. The van der Waals surface area contributed by atoms with E-state index in [0.717, 1.165) is 65.0 Å². The van der Waals surface area contributed by atoms with Gasteiger partial charge in [-0.25, -0.2) is 4.79 Å². The summed E-state index contributed by atoms with van der Waals surface area (Å²) >= 11 is 0. The average molecular weight is 807 g/mol. The average Bonchev–Trinajstić information content (AvgIpc) is 3.27. The van der Waals surface area contributed by atoms with E-state index in [0.29, 0.717) is 43.9 Å². The first-order valence-corrected chi connectivity index (χ1v) is 20.2. The summed E-state index contributed by atoms with van der Waals surface area (Å²) in [5.41, 5.74) is 4.31. The quantitative estimate of drug-likeness (QED) is 0.0312. The Morgan fingerprint density at radius 3 is 2.37 bits per heavy atom. The van der Waals surface area contributed by atoms with E-state index in [2.05, 4.69) is 46.6 Å². The van der Waals surface area contributed by atoms with Crippen LogP contribution in [0.3, 0.4) is 0 Å². The molecule has 0 aromatic heterocycles. The molecule has 12 nitrogen and oxygen atoms in total. The van der Waals surface area contributed by atoms with Crippen molar-refractivity contribution in [3.8, 4) is 17.2 Å². The third-order valence-corrected chi connectivity index (χ3v) is 10.7. The fourth-order valence-corrected chi connectivity index (χ4v) is 7.59. The molecule has 0 aliphatic carbocycles. The molecule has 312 valence electrons. The second-order valence-corrected chi connectivity index (χ2v) is 14.6. The van der Waals surface area contributed by atoms with Crippen molar-refractivity contribution < 1.29 is 43.1 Å². The highest BCUT2D eigenvalue weighted by Crippen LogP contribution is 2.37. The number of benzene rings is 5. The molecule has 1 aliphatic rings. The molecule has 59 heavy (non-hydrogen) atoms. The summed E-state index contributed by atoms with van der Waals surface area (Å²) in [6, 6.07) is 35.3. The number of fused-ring (bicyclic) bond motifs is 1. The minimum absolute atomic E-state index is 0.0677. The lowest BCUT2D eigenvalue weighted by atomic mass is 9.76. The maximum absolute atomic E-state index is 13.1. The smallest absolute Gasteiger partial charge is 0.338 e. The van der Waals surface area contributed by atoms with Crippen LogP contribution in [0.4, 0.5) is 0 Å². The Kier molecular flexibility index (Phi) is 15.9. The standard InChI is InChI=1S/C47H54N2O10/c1-4-40(59-47(50)36-17-14-33(15-18-36)30-58-49(51)52)32-57-45-29-48-28-38(19-16-34-26-37-10-5-7-12-42(37)44(27-34)54-3)46(45)35-20-22-41(23-21-35)56-25-9-24-55-31-39-11-6-8-13-43(39)53-2/h5-8,10-15,17-18,20-23,26-27,38,40,45-46,48H,4,9,16,19,24-25,28-32H2,1-3H3. The molecule has 1 saturated heterocycles. The second kappa shape index (κ2) is 21.9. The van der Waals surface area contributed by atoms with Gasteiger partial charge in [0.1, 0.15) is 30.0 Å². The van der Waals surface area contributed by atoms with Crippen LogP contribution in [-0.4, -0.2) is 70.4 Å². The Hall–Kier alpha value is -5.69. The number of carbonyl (C=O) groups excluding carboxylic acids is 1. The van der Waals surface area contributed by atoms with Gasteiger partial charge in [-0.1, -0.05) is 79.7 Å². The summed E-state index contributed by atoms with van der Waals surface area (Å²) in [5.74, 6) is 2.32. The molecule has 0 spiro atoms. The molecule has 12 heteroatoms. The number of rotatable bonds is 22. The molecule has 1 heterocycles. The zero-order valence-electron chi connectivity index (χ0n) is 34.0. The normalized spacial score (nSPS) is 16.9. The predicted molar refractivity (Wildman–Crippen MR) is 225 cm³/mol. The first-order chi connectivity index (χ1) is 28.8. The summed E-state index contributed by atoms with van der Waals surface area (Å²) in [6.07, 6.45) is 2.44. The van der Waals surface area contributed by atoms with E-state index in [1.807, 2.05) is 55.5 Å². The molecule has 5 aromatic rings. The summed E-state index contributed by atoms with van der Waals surface area (Å²) in [4.78, 5) is 28.1. The van der Waals surface area contributed by atoms with Gasteiger partial charge in [0.25, 0.3) is 5.09 Å². The number of hydrogen-bond donors (Lipinski definition) is 1. The molecule has 6 rings (SSSR count). The molecule has 5 aromatic carbocycles. The fourth-order valence-electron chi connectivity index (χ4n) is 7.59. The van der Waals surface area contributed by atoms with Gasteiger partial charge in [0.05, 0.1) is 52.3 Å². The highest BCUT2D eigenvalue weighted by atomic mass is 16.9. The minimum Gasteiger partial charge on any atom is -0.496 e. The van der Waals surface area contributed by atoms with Crippen molar-refractivity contribution in [2.45, 2.75) is 63.9 Å². The van der Waals surface area contributed by atoms with Crippen molar-refractivity contribution in [3.63, 3.8) is 0 Å². The van der Waals surface area contributed by atoms with Gasteiger partial charge >= 0.3 is 5.97 Å². The van der Waals surface area contributed by atoms with Gasteiger partial charge in [-0.05, 0) is 90.2 Å². The molecule has 1 fully saturated rings. The molecule has 0 radical (unpaired) electrons. The van der Waals surface area contributed by atoms with Crippen LogP contribution in [0.2, 0.25) is 0 Å². The predicted octanol–water partition coefficient (Wildman–Crippen LogP) is 8.51. The van der Waals surface area contributed by atoms with Crippen LogP contribution >= 0.6 is 0 Å². The summed E-state index contributed by atoms with van der Waals surface area (Å²) < 4.78 is 35.8. The van der Waals surface area contributed by atoms with Crippen LogP contribution in [0.15, 0.2) is 109 Å². The van der Waals surface area contributed by atoms with E-state index in [1.165, 1.54) is 5.56 Å². The third-order valence-electron chi connectivity index (χ3n) is 10.7. The summed E-state index contributed by atoms with van der Waals surface area (Å²) in [6.45, 7) is 5.05. The van der Waals surface area contributed by atoms with Crippen LogP contribution in [0.1, 0.15) is 64.7 Å². The molecular formula is C47H54N2O10. The minimum atomic E-state index is -0.847. The third kappa shape index (κ3) is 12.2. The van der Waals surface area contributed by atoms with E-state index in [-0.39, 0.29) is 31.2 Å². The first kappa shape index (κ1) is 42.9. The molecule has 0 bridgehead atoms. The van der Waals surface area contributed by atoms with Crippen molar-refractivity contribution in [1.29, 1.82) is 0 Å². The van der Waals surface area contributed by atoms with E-state index in [4.69, 9.17) is 28.4 Å². The number of para-hydroxylation sites is 1. The van der Waals surface area contributed by atoms with Crippen molar-refractivity contribution in [1.82, 2.24) is 5.32 Å². The highest BCUT2D eigenvalue weighted by molar-refractivity contribution is 5.90. The van der Waals surface area contributed by atoms with E-state index < -0.39 is 17.2 Å². The Morgan fingerprint density at radius 2 is 1.61 bits per heavy atom. The maximum atomic E-state index is 13.1. The van der Waals surface area contributed by atoms with Crippen molar-refractivity contribution in [3.05, 3.63) is 147 Å². The van der Waals surface area contributed by atoms with Crippen LogP contribution in [0.5, 0.6) is 17.2 Å². The Labute approximate surface area is 345 Å². The van der Waals surface area contributed by atoms with Gasteiger partial charge in [0.2, 0.25) is 0 Å². The van der Waals surface area contributed by atoms with Crippen LogP contribution in [-0.2, 0) is 38.7 Å². The topological polar surface area (TPSA) is 137 Å². The number of hydrogen-bond acceptors (Lipinski definition) is 11. The number of nitrogens with zero attached hydrogens (tertiary/aromatic N) is 1. The van der Waals surface area contributed by atoms with Gasteiger partial charge in [-0.15, -0.1) is 10.1 Å². The number of aryl methyl sites for hydroxylation is 1. The highest BCUT2D eigenvalue weighted by Gasteiger charge is 2.35. The van der Waals surface area contributed by atoms with E-state index in [1.54, 1.807) is 38.5 Å². The zero-order valence-corrected chi connectivity index (χ0v) is 34.0. The molecule has 0 amide bonds. The summed E-state index contributed by atoms with van der Waals surface area (Å²) in [5, 5.41) is 15.6. The van der Waals surface area contributed by atoms with Gasteiger partial charge in [-0.2, -0.15) is 0 Å². The number of carbonyl (C=O) groups is 1. The number of piperidine rings is 1. The van der Waals surface area contributed by atoms with Gasteiger partial charge in [0.15, 0.2) is 0 Å². The Balaban J connectivity index is 1.10. The Morgan fingerprint density at radius 1 is 0.847 bits per heavy atom. The van der Waals surface area contributed by atoms with E-state index >= 15 is 0 Å².